The molecule has 0 radical (unpaired) electrons. The van der Waals surface area contributed by atoms with Crippen molar-refractivity contribution in [1.82, 2.24) is 15.0 Å². The number of anilines is 2. The Morgan fingerprint density at radius 3 is 2.52 bits per heavy atom. The molecule has 1 saturated carbocycles. The van der Waals surface area contributed by atoms with Crippen LogP contribution in [-0.4, -0.2) is 34.6 Å². The van der Waals surface area contributed by atoms with Crippen LogP contribution >= 0.6 is 0 Å². The highest BCUT2D eigenvalue weighted by atomic mass is 16.5. The topological polar surface area (TPSA) is 89.2 Å². The Morgan fingerprint density at radius 2 is 1.90 bits per heavy atom. The van der Waals surface area contributed by atoms with Crippen molar-refractivity contribution in [2.75, 3.05) is 24.0 Å². The number of hydrogen-bond acceptors (Lipinski definition) is 7. The number of nitrogens with two attached hydrogens (primary N) is 1. The van der Waals surface area contributed by atoms with Gasteiger partial charge in [-0.05, 0) is 19.3 Å². The molecule has 0 saturated heterocycles. The van der Waals surface area contributed by atoms with Crippen LogP contribution in [-0.2, 0) is 0 Å². The smallest absolute Gasteiger partial charge is 0.323 e. The number of hydrazine groups is 1. The van der Waals surface area contributed by atoms with Crippen LogP contribution in [0.2, 0.25) is 0 Å². The summed E-state index contributed by atoms with van der Waals surface area (Å²) in [6, 6.07) is 0.801. The maximum absolute atomic E-state index is 5.52. The van der Waals surface area contributed by atoms with Crippen molar-refractivity contribution in [3.63, 3.8) is 0 Å². The fourth-order valence-electron chi connectivity index (χ4n) is 2.63. The quantitative estimate of drug-likeness (QED) is 0.472. The Morgan fingerprint density at radius 1 is 1.19 bits per heavy atom. The zero-order valence-corrected chi connectivity index (χ0v) is 13.0. The van der Waals surface area contributed by atoms with Crippen molar-refractivity contribution in [2.45, 2.75) is 57.9 Å². The molecule has 0 bridgehead atoms. The normalized spacial score (nSPS) is 16.3. The molecule has 1 aliphatic carbocycles. The first-order chi connectivity index (χ1) is 10.2. The average molecular weight is 294 g/mol. The van der Waals surface area contributed by atoms with E-state index >= 15 is 0 Å². The Bertz CT molecular complexity index is 433. The summed E-state index contributed by atoms with van der Waals surface area (Å²) in [6.45, 7) is 2.63. The lowest BCUT2D eigenvalue weighted by molar-refractivity contribution is 0.291. The minimum Gasteiger partial charge on any atom is -0.463 e. The lowest BCUT2D eigenvalue weighted by Gasteiger charge is -2.27. The average Bonchev–Trinajstić information content (AvgIpc) is 2.81. The van der Waals surface area contributed by atoms with E-state index in [2.05, 4.69) is 25.3 Å². The number of rotatable bonds is 6. The van der Waals surface area contributed by atoms with E-state index in [1.165, 1.54) is 38.5 Å². The van der Waals surface area contributed by atoms with E-state index in [0.717, 1.165) is 6.42 Å². The summed E-state index contributed by atoms with van der Waals surface area (Å²) in [7, 11) is 2.04. The number of nitrogens with zero attached hydrogens (tertiary/aromatic N) is 4. The van der Waals surface area contributed by atoms with Gasteiger partial charge in [-0.25, -0.2) is 5.84 Å². The molecule has 0 unspecified atom stereocenters. The molecule has 7 heteroatoms. The summed E-state index contributed by atoms with van der Waals surface area (Å²) >= 11 is 0. The van der Waals surface area contributed by atoms with Gasteiger partial charge in [-0.15, -0.1) is 0 Å². The van der Waals surface area contributed by atoms with Crippen LogP contribution in [0.25, 0.3) is 0 Å². The molecular weight excluding hydrogens is 268 g/mol. The van der Waals surface area contributed by atoms with E-state index in [1.807, 2.05) is 14.0 Å². The van der Waals surface area contributed by atoms with Gasteiger partial charge in [-0.1, -0.05) is 32.6 Å². The molecule has 3 N–H and O–H groups in total. The Kier molecular flexibility index (Phi) is 5.98. The van der Waals surface area contributed by atoms with E-state index < -0.39 is 0 Å². The standard InChI is InChI=1S/C14H26N6O/c1-3-10-21-14-17-12(19-15)16-13(18-14)20(2)11-8-6-4-5-7-9-11/h11H,3-10,15H2,1-2H3,(H,16,17,18,19). The van der Waals surface area contributed by atoms with Crippen molar-refractivity contribution in [1.29, 1.82) is 0 Å². The molecule has 21 heavy (non-hydrogen) atoms. The Balaban J connectivity index is 2.15. The third-order valence-corrected chi connectivity index (χ3v) is 3.86. The first-order valence-electron chi connectivity index (χ1n) is 7.83. The summed E-state index contributed by atoms with van der Waals surface area (Å²) in [6.07, 6.45) is 8.44. The molecule has 1 aromatic rings. The highest BCUT2D eigenvalue weighted by Crippen LogP contribution is 2.24. The molecule has 118 valence electrons. The van der Waals surface area contributed by atoms with E-state index in [1.54, 1.807) is 0 Å². The Hall–Kier alpha value is -1.63. The van der Waals surface area contributed by atoms with E-state index in [0.29, 0.717) is 30.6 Å². The zero-order valence-electron chi connectivity index (χ0n) is 13.0. The summed E-state index contributed by atoms with van der Waals surface area (Å²) in [5.74, 6) is 6.40. The molecule has 0 aromatic carbocycles. The van der Waals surface area contributed by atoms with Crippen LogP contribution in [0.1, 0.15) is 51.9 Å². The van der Waals surface area contributed by atoms with Crippen molar-refractivity contribution < 1.29 is 4.74 Å². The van der Waals surface area contributed by atoms with Crippen molar-refractivity contribution in [2.24, 2.45) is 5.84 Å². The van der Waals surface area contributed by atoms with Crippen LogP contribution in [0.3, 0.4) is 0 Å². The third kappa shape index (κ3) is 4.42. The number of ether oxygens (including phenoxy) is 1. The second-order valence-electron chi connectivity index (χ2n) is 5.49. The van der Waals surface area contributed by atoms with Crippen LogP contribution in [0, 0.1) is 0 Å². The fraction of sp³-hybridized carbons (Fsp3) is 0.786. The maximum atomic E-state index is 5.52. The molecule has 0 aliphatic heterocycles. The van der Waals surface area contributed by atoms with Crippen molar-refractivity contribution in [3.8, 4) is 6.01 Å². The molecular formula is C14H26N6O. The second kappa shape index (κ2) is 7.97. The molecule has 0 atom stereocenters. The summed E-state index contributed by atoms with van der Waals surface area (Å²) < 4.78 is 5.52. The fourth-order valence-corrected chi connectivity index (χ4v) is 2.63. The lowest BCUT2D eigenvalue weighted by Crippen LogP contribution is -2.33. The van der Waals surface area contributed by atoms with Gasteiger partial charge in [-0.3, -0.25) is 5.43 Å². The van der Waals surface area contributed by atoms with Gasteiger partial charge in [0, 0.05) is 13.1 Å². The Labute approximate surface area is 126 Å². The van der Waals surface area contributed by atoms with Gasteiger partial charge >= 0.3 is 6.01 Å². The summed E-state index contributed by atoms with van der Waals surface area (Å²) in [5, 5.41) is 0. The minimum atomic E-state index is 0.329. The zero-order chi connectivity index (χ0) is 15.1. The lowest BCUT2D eigenvalue weighted by atomic mass is 10.1. The predicted molar refractivity (Wildman–Crippen MR) is 83.3 cm³/mol. The van der Waals surface area contributed by atoms with Gasteiger partial charge in [-0.2, -0.15) is 15.0 Å². The minimum absolute atomic E-state index is 0.329. The van der Waals surface area contributed by atoms with Crippen molar-refractivity contribution in [3.05, 3.63) is 0 Å². The first-order valence-corrected chi connectivity index (χ1v) is 7.83. The number of aromatic nitrogens is 3. The first kappa shape index (κ1) is 15.8. The highest BCUT2D eigenvalue weighted by Gasteiger charge is 2.20. The molecule has 1 heterocycles. The van der Waals surface area contributed by atoms with Gasteiger partial charge in [0.1, 0.15) is 0 Å². The monoisotopic (exact) mass is 294 g/mol. The molecule has 0 amide bonds. The molecule has 7 nitrogen and oxygen atoms in total. The van der Waals surface area contributed by atoms with E-state index in [9.17, 15) is 0 Å². The van der Waals surface area contributed by atoms with Gasteiger partial charge in [0.15, 0.2) is 0 Å². The maximum Gasteiger partial charge on any atom is 0.323 e. The second-order valence-corrected chi connectivity index (χ2v) is 5.49. The van der Waals surface area contributed by atoms with Gasteiger partial charge in [0.05, 0.1) is 6.61 Å². The summed E-state index contributed by atoms with van der Waals surface area (Å²) in [4.78, 5) is 15.0. The van der Waals surface area contributed by atoms with Crippen LogP contribution in [0.15, 0.2) is 0 Å². The van der Waals surface area contributed by atoms with Gasteiger partial charge in [0.2, 0.25) is 11.9 Å². The highest BCUT2D eigenvalue weighted by molar-refractivity contribution is 5.38. The van der Waals surface area contributed by atoms with Gasteiger partial charge < -0.3 is 9.64 Å². The van der Waals surface area contributed by atoms with Crippen LogP contribution in [0.4, 0.5) is 11.9 Å². The number of nitrogens with one attached hydrogen (secondary N) is 1. The molecule has 1 fully saturated rings. The number of nitrogen functional groups attached to an aromatic ring is 1. The summed E-state index contributed by atoms with van der Waals surface area (Å²) in [5.41, 5.74) is 2.49. The van der Waals surface area contributed by atoms with Crippen molar-refractivity contribution >= 4 is 11.9 Å². The van der Waals surface area contributed by atoms with E-state index in [-0.39, 0.29) is 0 Å². The SMILES string of the molecule is CCCOc1nc(NN)nc(N(C)C2CCCCCC2)n1. The van der Waals surface area contributed by atoms with Crippen LogP contribution < -0.4 is 20.9 Å². The molecule has 2 rings (SSSR count). The molecule has 0 spiro atoms. The third-order valence-electron chi connectivity index (χ3n) is 3.86. The molecule has 1 aliphatic rings. The predicted octanol–water partition coefficient (Wildman–Crippen LogP) is 2.10. The number of hydrogen-bond donors (Lipinski definition) is 2. The molecule has 1 aromatic heterocycles. The largest absolute Gasteiger partial charge is 0.463 e. The van der Waals surface area contributed by atoms with Gasteiger partial charge in [0.25, 0.3) is 0 Å². The van der Waals surface area contributed by atoms with E-state index in [4.69, 9.17) is 10.6 Å². The van der Waals surface area contributed by atoms with Crippen LogP contribution in [0.5, 0.6) is 6.01 Å².